The summed E-state index contributed by atoms with van der Waals surface area (Å²) in [6, 6.07) is 0. The summed E-state index contributed by atoms with van der Waals surface area (Å²) in [5.74, 6) is -0.844. The first-order chi connectivity index (χ1) is 40.0. The average Bonchev–Trinajstić information content (AvgIpc) is 3.47. The minimum Gasteiger partial charge on any atom is -0.462 e. The zero-order valence-corrected chi connectivity index (χ0v) is 55.4. The molecule has 480 valence electrons. The van der Waals surface area contributed by atoms with Crippen LogP contribution in [0.5, 0.6) is 0 Å². The van der Waals surface area contributed by atoms with Gasteiger partial charge in [0.05, 0.1) is 0 Å². The highest BCUT2D eigenvalue weighted by Crippen LogP contribution is 2.20. The van der Waals surface area contributed by atoms with Gasteiger partial charge in [-0.15, -0.1) is 0 Å². The third-order valence-corrected chi connectivity index (χ3v) is 17.3. The summed E-state index contributed by atoms with van der Waals surface area (Å²) in [6.07, 6.45) is 85.8. The molecule has 0 rings (SSSR count). The Labute approximate surface area is 507 Å². The Morgan fingerprint density at radius 3 is 0.667 bits per heavy atom. The topological polar surface area (TPSA) is 78.9 Å². The summed E-state index contributed by atoms with van der Waals surface area (Å²) >= 11 is 0. The van der Waals surface area contributed by atoms with Crippen LogP contribution in [-0.2, 0) is 28.6 Å². The normalized spacial score (nSPS) is 12.0. The molecule has 0 aliphatic heterocycles. The van der Waals surface area contributed by atoms with E-state index in [1.165, 1.54) is 321 Å². The van der Waals surface area contributed by atoms with Crippen molar-refractivity contribution in [2.45, 2.75) is 438 Å². The van der Waals surface area contributed by atoms with E-state index in [9.17, 15) is 14.4 Å². The highest BCUT2D eigenvalue weighted by atomic mass is 16.6. The van der Waals surface area contributed by atoms with Crippen LogP contribution in [0.2, 0.25) is 0 Å². The maximum absolute atomic E-state index is 12.9. The number of hydrogen-bond donors (Lipinski definition) is 0. The molecule has 6 heteroatoms. The number of rotatable bonds is 70. The third-order valence-electron chi connectivity index (χ3n) is 17.3. The lowest BCUT2D eigenvalue weighted by Crippen LogP contribution is -2.30. The molecular weight excluding hydrogens is 997 g/mol. The second kappa shape index (κ2) is 70.6. The summed E-state index contributed by atoms with van der Waals surface area (Å²) < 4.78 is 17.0. The van der Waals surface area contributed by atoms with E-state index in [1.54, 1.807) is 0 Å². The summed E-state index contributed by atoms with van der Waals surface area (Å²) in [4.78, 5) is 38.3. The number of carbonyl (C=O) groups is 3. The first-order valence-electron chi connectivity index (χ1n) is 37.2. The number of esters is 3. The first-order valence-corrected chi connectivity index (χ1v) is 37.2. The molecule has 0 aromatic heterocycles. The standard InChI is InChI=1S/C75H144O6/c1-4-7-10-13-16-19-22-24-26-28-30-31-32-33-34-35-36-37-38-39-40-41-42-43-44-46-47-49-51-53-56-59-62-65-68-74(77)80-71-72(70-79-73(76)67-64-61-58-55-21-18-15-12-9-6-3)81-75(78)69-66-63-60-57-54-52-50-48-45-29-27-25-23-20-17-14-11-8-5-2/h12,15,72H,4-11,13-14,16-71H2,1-3H3/b15-12-. The van der Waals surface area contributed by atoms with Crippen LogP contribution in [0.4, 0.5) is 0 Å². The van der Waals surface area contributed by atoms with Crippen LogP contribution < -0.4 is 0 Å². The van der Waals surface area contributed by atoms with Gasteiger partial charge in [0.2, 0.25) is 0 Å². The van der Waals surface area contributed by atoms with Gasteiger partial charge in [0.15, 0.2) is 6.10 Å². The van der Waals surface area contributed by atoms with E-state index in [0.29, 0.717) is 19.3 Å². The van der Waals surface area contributed by atoms with Crippen LogP contribution in [0.15, 0.2) is 12.2 Å². The molecule has 81 heavy (non-hydrogen) atoms. The van der Waals surface area contributed by atoms with Gasteiger partial charge in [-0.3, -0.25) is 14.4 Å². The molecule has 0 saturated carbocycles. The lowest BCUT2D eigenvalue weighted by atomic mass is 10.0. The molecule has 0 amide bonds. The van der Waals surface area contributed by atoms with Crippen molar-refractivity contribution in [3.8, 4) is 0 Å². The second-order valence-corrected chi connectivity index (χ2v) is 25.6. The SMILES string of the molecule is CCC/C=C\CCCCCCCC(=O)OCC(COC(=O)CCCCCCCCCCCCCCCCCCCCCCCCCCCCCCCCCCCC)OC(=O)CCCCCCCCCCCCCCCCCCCCC. The predicted molar refractivity (Wildman–Crippen MR) is 353 cm³/mol. The zero-order chi connectivity index (χ0) is 58.5. The lowest BCUT2D eigenvalue weighted by Gasteiger charge is -2.18. The maximum atomic E-state index is 12.9. The Kier molecular flexibility index (Phi) is 69.0. The first kappa shape index (κ1) is 79.2. The van der Waals surface area contributed by atoms with Crippen molar-refractivity contribution in [1.29, 1.82) is 0 Å². The number of carbonyl (C=O) groups excluding carboxylic acids is 3. The van der Waals surface area contributed by atoms with Crippen LogP contribution in [0.25, 0.3) is 0 Å². The van der Waals surface area contributed by atoms with Crippen molar-refractivity contribution >= 4 is 17.9 Å². The van der Waals surface area contributed by atoms with Gasteiger partial charge in [-0.05, 0) is 38.5 Å². The molecule has 0 heterocycles. The Balaban J connectivity index is 4.00. The highest BCUT2D eigenvalue weighted by molar-refractivity contribution is 5.71. The van der Waals surface area contributed by atoms with E-state index in [1.807, 2.05) is 0 Å². The van der Waals surface area contributed by atoms with Gasteiger partial charge >= 0.3 is 17.9 Å². The molecule has 1 unspecified atom stereocenters. The molecule has 0 aromatic rings. The molecule has 0 aliphatic carbocycles. The van der Waals surface area contributed by atoms with Gasteiger partial charge in [0.25, 0.3) is 0 Å². The Morgan fingerprint density at radius 2 is 0.432 bits per heavy atom. The molecule has 0 fully saturated rings. The zero-order valence-electron chi connectivity index (χ0n) is 55.4. The molecule has 0 aliphatic rings. The second-order valence-electron chi connectivity index (χ2n) is 25.6. The van der Waals surface area contributed by atoms with Crippen LogP contribution in [0, 0.1) is 0 Å². The van der Waals surface area contributed by atoms with E-state index in [2.05, 4.69) is 32.9 Å². The van der Waals surface area contributed by atoms with Crippen molar-refractivity contribution in [3.05, 3.63) is 12.2 Å². The highest BCUT2D eigenvalue weighted by Gasteiger charge is 2.20. The number of unbranched alkanes of at least 4 members (excludes halogenated alkanes) is 57. The fraction of sp³-hybridized carbons (Fsp3) is 0.933. The molecule has 6 nitrogen and oxygen atoms in total. The fourth-order valence-electron chi connectivity index (χ4n) is 11.7. The van der Waals surface area contributed by atoms with Gasteiger partial charge in [-0.25, -0.2) is 0 Å². The molecule has 0 N–H and O–H groups in total. The average molecular weight is 1140 g/mol. The van der Waals surface area contributed by atoms with Gasteiger partial charge in [-0.1, -0.05) is 386 Å². The predicted octanol–water partition coefficient (Wildman–Crippen LogP) is 25.6. The summed E-state index contributed by atoms with van der Waals surface area (Å²) in [6.45, 7) is 6.66. The third kappa shape index (κ3) is 68.8. The molecule has 0 aromatic carbocycles. The van der Waals surface area contributed by atoms with Crippen molar-refractivity contribution < 1.29 is 28.6 Å². The van der Waals surface area contributed by atoms with Crippen LogP contribution in [-0.4, -0.2) is 37.2 Å². The van der Waals surface area contributed by atoms with Crippen LogP contribution >= 0.6 is 0 Å². The molecule has 0 saturated heterocycles. The van der Waals surface area contributed by atoms with Crippen molar-refractivity contribution in [2.24, 2.45) is 0 Å². The van der Waals surface area contributed by atoms with Gasteiger partial charge in [0, 0.05) is 19.3 Å². The molecule has 1 atom stereocenters. The van der Waals surface area contributed by atoms with E-state index < -0.39 is 6.10 Å². The number of hydrogen-bond acceptors (Lipinski definition) is 6. The largest absolute Gasteiger partial charge is 0.462 e. The summed E-state index contributed by atoms with van der Waals surface area (Å²) in [5, 5.41) is 0. The van der Waals surface area contributed by atoms with E-state index in [0.717, 1.165) is 70.6 Å². The molecule has 0 radical (unpaired) electrons. The Morgan fingerprint density at radius 1 is 0.235 bits per heavy atom. The van der Waals surface area contributed by atoms with E-state index >= 15 is 0 Å². The molecular formula is C75H144O6. The molecule has 0 spiro atoms. The van der Waals surface area contributed by atoms with Crippen molar-refractivity contribution in [3.63, 3.8) is 0 Å². The van der Waals surface area contributed by atoms with Crippen LogP contribution in [0.1, 0.15) is 432 Å². The van der Waals surface area contributed by atoms with Crippen LogP contribution in [0.3, 0.4) is 0 Å². The van der Waals surface area contributed by atoms with Crippen molar-refractivity contribution in [1.82, 2.24) is 0 Å². The maximum Gasteiger partial charge on any atom is 0.306 e. The van der Waals surface area contributed by atoms with E-state index in [-0.39, 0.29) is 31.1 Å². The lowest BCUT2D eigenvalue weighted by molar-refractivity contribution is -0.167. The number of allylic oxidation sites excluding steroid dienone is 2. The monoisotopic (exact) mass is 1140 g/mol. The van der Waals surface area contributed by atoms with Gasteiger partial charge < -0.3 is 14.2 Å². The minimum absolute atomic E-state index is 0.0661. The Bertz CT molecular complexity index is 1260. The Hall–Kier alpha value is -1.85. The summed E-state index contributed by atoms with van der Waals surface area (Å²) in [5.41, 5.74) is 0. The smallest absolute Gasteiger partial charge is 0.306 e. The fourth-order valence-corrected chi connectivity index (χ4v) is 11.7. The quantitative estimate of drug-likeness (QED) is 0.0261. The van der Waals surface area contributed by atoms with E-state index in [4.69, 9.17) is 14.2 Å². The summed E-state index contributed by atoms with van der Waals surface area (Å²) in [7, 11) is 0. The van der Waals surface area contributed by atoms with Gasteiger partial charge in [-0.2, -0.15) is 0 Å². The number of ether oxygens (including phenoxy) is 3. The molecule has 0 bridgehead atoms. The minimum atomic E-state index is -0.769. The van der Waals surface area contributed by atoms with Crippen molar-refractivity contribution in [2.75, 3.05) is 13.2 Å². The van der Waals surface area contributed by atoms with Gasteiger partial charge in [0.1, 0.15) is 13.2 Å².